The maximum atomic E-state index is 13.3. The van der Waals surface area contributed by atoms with Crippen molar-refractivity contribution in [1.29, 1.82) is 0 Å². The first-order valence-electron chi connectivity index (χ1n) is 9.75. The maximum absolute atomic E-state index is 13.3. The Bertz CT molecular complexity index is 1040. The lowest BCUT2D eigenvalue weighted by molar-refractivity contribution is -0.135. The Morgan fingerprint density at radius 2 is 1.79 bits per heavy atom. The third-order valence-corrected chi connectivity index (χ3v) is 7.04. The molecule has 1 aliphatic heterocycles. The Morgan fingerprint density at radius 3 is 2.55 bits per heavy atom. The van der Waals surface area contributed by atoms with E-state index < -0.39 is 12.0 Å². The molecule has 0 aromatic heterocycles. The number of nitrogens with zero attached hydrogens (tertiary/aromatic N) is 1. The summed E-state index contributed by atoms with van der Waals surface area (Å²) in [5.74, 6) is 0.103. The number of amides is 1. The molecule has 5 heteroatoms. The van der Waals surface area contributed by atoms with Crippen molar-refractivity contribution in [3.8, 4) is 0 Å². The highest BCUT2D eigenvalue weighted by atomic mass is 32.2. The number of hydrogen-bond acceptors (Lipinski definition) is 4. The van der Waals surface area contributed by atoms with Crippen LogP contribution in [0, 0.1) is 5.92 Å². The molecular formula is C24H23NO2S2. The van der Waals surface area contributed by atoms with E-state index in [1.54, 1.807) is 23.6 Å². The van der Waals surface area contributed by atoms with Gasteiger partial charge in [-0.05, 0) is 34.4 Å². The van der Waals surface area contributed by atoms with Gasteiger partial charge in [0.05, 0.1) is 18.1 Å². The summed E-state index contributed by atoms with van der Waals surface area (Å²) in [7, 11) is 0. The molecule has 0 unspecified atom stereocenters. The molecule has 0 radical (unpaired) electrons. The van der Waals surface area contributed by atoms with Crippen molar-refractivity contribution >= 4 is 45.0 Å². The number of thioether (sulfide) groups is 1. The predicted octanol–water partition coefficient (Wildman–Crippen LogP) is 4.98. The highest BCUT2D eigenvalue weighted by Crippen LogP contribution is 2.32. The smallest absolute Gasteiger partial charge is 0.234 e. The van der Waals surface area contributed by atoms with Crippen molar-refractivity contribution in [3.05, 3.63) is 83.9 Å². The summed E-state index contributed by atoms with van der Waals surface area (Å²) >= 11 is 7.02. The van der Waals surface area contributed by atoms with Crippen molar-refractivity contribution < 1.29 is 9.90 Å². The molecule has 0 bridgehead atoms. The second-order valence-electron chi connectivity index (χ2n) is 7.47. The zero-order chi connectivity index (χ0) is 20.4. The average Bonchev–Trinajstić information content (AvgIpc) is 3.12. The van der Waals surface area contributed by atoms with Gasteiger partial charge >= 0.3 is 0 Å². The van der Waals surface area contributed by atoms with Crippen LogP contribution in [0.25, 0.3) is 10.8 Å². The van der Waals surface area contributed by atoms with E-state index in [0.29, 0.717) is 4.32 Å². The second kappa shape index (κ2) is 8.66. The summed E-state index contributed by atoms with van der Waals surface area (Å²) in [5.41, 5.74) is 1.94. The van der Waals surface area contributed by atoms with Gasteiger partial charge in [-0.3, -0.25) is 9.69 Å². The van der Waals surface area contributed by atoms with E-state index in [0.717, 1.165) is 28.5 Å². The lowest BCUT2D eigenvalue weighted by Crippen LogP contribution is -2.44. The van der Waals surface area contributed by atoms with Crippen molar-refractivity contribution in [2.75, 3.05) is 5.75 Å². The first kappa shape index (κ1) is 20.1. The molecule has 0 aliphatic carbocycles. The molecule has 3 aromatic carbocycles. The highest BCUT2D eigenvalue weighted by molar-refractivity contribution is 8.23. The van der Waals surface area contributed by atoms with Gasteiger partial charge in [-0.1, -0.05) is 97.6 Å². The van der Waals surface area contributed by atoms with Crippen LogP contribution < -0.4 is 0 Å². The van der Waals surface area contributed by atoms with Crippen LogP contribution in [0.5, 0.6) is 0 Å². The van der Waals surface area contributed by atoms with Crippen LogP contribution >= 0.6 is 24.0 Å². The van der Waals surface area contributed by atoms with Gasteiger partial charge in [0.25, 0.3) is 0 Å². The van der Waals surface area contributed by atoms with Crippen molar-refractivity contribution in [3.63, 3.8) is 0 Å². The van der Waals surface area contributed by atoms with Gasteiger partial charge in [-0.25, -0.2) is 0 Å². The molecule has 4 rings (SSSR count). The zero-order valence-electron chi connectivity index (χ0n) is 16.2. The minimum atomic E-state index is -0.877. The quantitative estimate of drug-likeness (QED) is 0.590. The number of fused-ring (bicyclic) bond motifs is 1. The molecule has 0 saturated carbocycles. The number of thiocarbonyl (C=S) groups is 1. The molecule has 3 nitrogen and oxygen atoms in total. The highest BCUT2D eigenvalue weighted by Gasteiger charge is 2.38. The van der Waals surface area contributed by atoms with E-state index in [1.807, 2.05) is 60.7 Å². The predicted molar refractivity (Wildman–Crippen MR) is 124 cm³/mol. The molecular weight excluding hydrogens is 398 g/mol. The van der Waals surface area contributed by atoms with Gasteiger partial charge in [0.1, 0.15) is 4.32 Å². The minimum absolute atomic E-state index is 0.0219. The molecule has 3 aromatic rings. The van der Waals surface area contributed by atoms with E-state index in [-0.39, 0.29) is 11.9 Å². The minimum Gasteiger partial charge on any atom is -0.388 e. The summed E-state index contributed by atoms with van der Waals surface area (Å²) in [6, 6.07) is 24.0. The number of benzene rings is 3. The number of carbonyl (C=O) groups excluding carboxylic acids is 1. The second-order valence-corrected chi connectivity index (χ2v) is 9.12. The van der Waals surface area contributed by atoms with Gasteiger partial charge in [0, 0.05) is 5.75 Å². The fourth-order valence-corrected chi connectivity index (χ4v) is 5.22. The zero-order valence-corrected chi connectivity index (χ0v) is 17.8. The largest absolute Gasteiger partial charge is 0.388 e. The monoisotopic (exact) mass is 421 g/mol. The van der Waals surface area contributed by atoms with Crippen LogP contribution in [-0.4, -0.2) is 32.0 Å². The Hall–Kier alpha value is -2.21. The average molecular weight is 422 g/mol. The number of rotatable bonds is 5. The van der Waals surface area contributed by atoms with Crippen LogP contribution in [0.1, 0.15) is 24.2 Å². The first-order chi connectivity index (χ1) is 14.0. The Labute approximate surface area is 180 Å². The molecule has 0 spiro atoms. The lowest BCUT2D eigenvalue weighted by Gasteiger charge is -2.29. The summed E-state index contributed by atoms with van der Waals surface area (Å²) in [5, 5.41) is 13.1. The Kier molecular flexibility index (Phi) is 5.99. The number of carbonyl (C=O) groups is 1. The molecule has 1 fully saturated rings. The summed E-state index contributed by atoms with van der Waals surface area (Å²) in [4.78, 5) is 15.0. The molecule has 3 atom stereocenters. The van der Waals surface area contributed by atoms with Crippen LogP contribution in [0.4, 0.5) is 0 Å². The fraction of sp³-hybridized carbons (Fsp3) is 0.250. The first-order valence-corrected chi connectivity index (χ1v) is 11.1. The van der Waals surface area contributed by atoms with E-state index in [2.05, 4.69) is 12.1 Å². The maximum Gasteiger partial charge on any atom is 0.234 e. The van der Waals surface area contributed by atoms with Crippen LogP contribution in [0.15, 0.2) is 72.8 Å². The number of aliphatic hydroxyl groups is 1. The summed E-state index contributed by atoms with van der Waals surface area (Å²) in [6.07, 6.45) is -0.115. The van der Waals surface area contributed by atoms with E-state index in [9.17, 15) is 9.90 Å². The fourth-order valence-electron chi connectivity index (χ4n) is 3.80. The Balaban J connectivity index is 1.53. The molecule has 1 saturated heterocycles. The van der Waals surface area contributed by atoms with Gasteiger partial charge in [-0.15, -0.1) is 0 Å². The molecule has 29 heavy (non-hydrogen) atoms. The molecule has 148 valence electrons. The van der Waals surface area contributed by atoms with Gasteiger partial charge in [-0.2, -0.15) is 0 Å². The normalized spacial score (nSPS) is 18.8. The molecule has 1 aliphatic rings. The number of aliphatic hydroxyl groups excluding tert-OH is 1. The van der Waals surface area contributed by atoms with Crippen molar-refractivity contribution in [2.45, 2.75) is 25.5 Å². The van der Waals surface area contributed by atoms with Crippen LogP contribution in [0.3, 0.4) is 0 Å². The van der Waals surface area contributed by atoms with E-state index in [1.165, 1.54) is 5.56 Å². The Morgan fingerprint density at radius 1 is 1.10 bits per heavy atom. The molecule has 1 heterocycles. The summed E-state index contributed by atoms with van der Waals surface area (Å²) in [6.45, 7) is 1.79. The van der Waals surface area contributed by atoms with E-state index >= 15 is 0 Å². The summed E-state index contributed by atoms with van der Waals surface area (Å²) < 4.78 is 0.605. The SMILES string of the molecule is C[C@@H](C(=O)N1C(=S)SC[C@@H]1Cc1ccccc1)[C@H](O)c1ccc2ccccc2c1. The topological polar surface area (TPSA) is 40.5 Å². The number of hydrogen-bond donors (Lipinski definition) is 1. The van der Waals surface area contributed by atoms with Gasteiger partial charge < -0.3 is 5.11 Å². The van der Waals surface area contributed by atoms with Crippen LogP contribution in [0.2, 0.25) is 0 Å². The molecule has 1 amide bonds. The lowest BCUT2D eigenvalue weighted by atomic mass is 9.93. The standard InChI is InChI=1S/C24H23NO2S2/c1-16(22(26)20-12-11-18-9-5-6-10-19(18)14-20)23(27)25-21(15-29-24(25)28)13-17-7-3-2-4-8-17/h2-12,14,16,21-22,26H,13,15H2,1H3/t16-,21+,22+/m1/s1. The van der Waals surface area contributed by atoms with Gasteiger partial charge in [0.2, 0.25) is 5.91 Å². The van der Waals surface area contributed by atoms with Crippen molar-refractivity contribution in [1.82, 2.24) is 4.90 Å². The van der Waals surface area contributed by atoms with Crippen LogP contribution in [-0.2, 0) is 11.2 Å². The van der Waals surface area contributed by atoms with Crippen molar-refractivity contribution in [2.24, 2.45) is 5.92 Å². The third kappa shape index (κ3) is 4.22. The van der Waals surface area contributed by atoms with Gasteiger partial charge in [0.15, 0.2) is 0 Å². The molecule has 1 N–H and O–H groups in total. The van der Waals surface area contributed by atoms with E-state index in [4.69, 9.17) is 12.2 Å². The third-order valence-electron chi connectivity index (χ3n) is 5.49.